The van der Waals surface area contributed by atoms with Crippen LogP contribution in [-0.2, 0) is 4.74 Å². The molecule has 2 nitrogen and oxygen atoms in total. The second-order valence-corrected chi connectivity index (χ2v) is 4.04. The summed E-state index contributed by atoms with van der Waals surface area (Å²) in [5.41, 5.74) is 0. The largest absolute Gasteiger partial charge is 0.381 e. The highest BCUT2D eigenvalue weighted by Crippen LogP contribution is 2.13. The summed E-state index contributed by atoms with van der Waals surface area (Å²) in [6.07, 6.45) is 2.33. The van der Waals surface area contributed by atoms with Gasteiger partial charge in [0.15, 0.2) is 0 Å². The standard InChI is InChI=1S/C10H20ClNO/c1-2-12(6-3-5-11)8-10-4-7-13-9-10/h10H,2-9H2,1H3. The molecular formula is C10H20ClNO. The van der Waals surface area contributed by atoms with Gasteiger partial charge in [0, 0.05) is 19.0 Å². The van der Waals surface area contributed by atoms with E-state index in [9.17, 15) is 0 Å². The Labute approximate surface area is 86.2 Å². The van der Waals surface area contributed by atoms with Crippen molar-refractivity contribution in [2.75, 3.05) is 38.7 Å². The van der Waals surface area contributed by atoms with Gasteiger partial charge in [-0.15, -0.1) is 11.6 Å². The van der Waals surface area contributed by atoms with Gasteiger partial charge < -0.3 is 9.64 Å². The fourth-order valence-electron chi connectivity index (χ4n) is 1.75. The number of hydrogen-bond acceptors (Lipinski definition) is 2. The van der Waals surface area contributed by atoms with E-state index in [0.29, 0.717) is 0 Å². The summed E-state index contributed by atoms with van der Waals surface area (Å²) >= 11 is 5.67. The van der Waals surface area contributed by atoms with E-state index in [1.54, 1.807) is 0 Å². The first-order valence-electron chi connectivity index (χ1n) is 5.23. The molecule has 1 fully saturated rings. The van der Waals surface area contributed by atoms with E-state index in [4.69, 9.17) is 16.3 Å². The second kappa shape index (κ2) is 6.63. The lowest BCUT2D eigenvalue weighted by Crippen LogP contribution is -2.30. The fourth-order valence-corrected chi connectivity index (χ4v) is 1.87. The molecule has 0 aromatic carbocycles. The predicted molar refractivity (Wildman–Crippen MR) is 56.4 cm³/mol. The molecule has 1 unspecified atom stereocenters. The van der Waals surface area contributed by atoms with Gasteiger partial charge in [-0.3, -0.25) is 0 Å². The van der Waals surface area contributed by atoms with Crippen molar-refractivity contribution in [1.29, 1.82) is 0 Å². The summed E-state index contributed by atoms with van der Waals surface area (Å²) in [4.78, 5) is 2.47. The first-order chi connectivity index (χ1) is 6.36. The maximum atomic E-state index is 5.67. The first-order valence-corrected chi connectivity index (χ1v) is 5.76. The molecule has 1 aliphatic heterocycles. The zero-order chi connectivity index (χ0) is 9.52. The van der Waals surface area contributed by atoms with Crippen LogP contribution in [0.4, 0.5) is 0 Å². The van der Waals surface area contributed by atoms with E-state index >= 15 is 0 Å². The van der Waals surface area contributed by atoms with Gasteiger partial charge in [-0.25, -0.2) is 0 Å². The Balaban J connectivity index is 2.13. The average molecular weight is 206 g/mol. The molecule has 0 spiro atoms. The Morgan fingerprint density at radius 3 is 2.92 bits per heavy atom. The SMILES string of the molecule is CCN(CCCCl)CC1CCOC1. The third kappa shape index (κ3) is 4.30. The van der Waals surface area contributed by atoms with Crippen molar-refractivity contribution in [2.24, 2.45) is 5.92 Å². The topological polar surface area (TPSA) is 12.5 Å². The summed E-state index contributed by atoms with van der Waals surface area (Å²) in [5, 5.41) is 0. The molecule has 1 rings (SSSR count). The van der Waals surface area contributed by atoms with Crippen LogP contribution < -0.4 is 0 Å². The van der Waals surface area contributed by atoms with E-state index in [1.165, 1.54) is 13.0 Å². The molecule has 0 N–H and O–H groups in total. The van der Waals surface area contributed by atoms with Gasteiger partial charge in [-0.05, 0) is 31.8 Å². The van der Waals surface area contributed by atoms with Crippen LogP contribution in [0.25, 0.3) is 0 Å². The fraction of sp³-hybridized carbons (Fsp3) is 1.00. The van der Waals surface area contributed by atoms with Crippen molar-refractivity contribution in [1.82, 2.24) is 4.90 Å². The summed E-state index contributed by atoms with van der Waals surface area (Å²) < 4.78 is 5.35. The van der Waals surface area contributed by atoms with E-state index in [2.05, 4.69) is 11.8 Å². The van der Waals surface area contributed by atoms with Gasteiger partial charge in [-0.1, -0.05) is 6.92 Å². The summed E-state index contributed by atoms with van der Waals surface area (Å²) in [6, 6.07) is 0. The monoisotopic (exact) mass is 205 g/mol. The molecule has 0 saturated carbocycles. The molecule has 0 aliphatic carbocycles. The Morgan fingerprint density at radius 2 is 2.38 bits per heavy atom. The summed E-state index contributed by atoms with van der Waals surface area (Å²) in [6.45, 7) is 7.58. The highest BCUT2D eigenvalue weighted by Gasteiger charge is 2.17. The van der Waals surface area contributed by atoms with Crippen molar-refractivity contribution in [3.05, 3.63) is 0 Å². The van der Waals surface area contributed by atoms with Crippen LogP contribution in [0.5, 0.6) is 0 Å². The molecule has 0 aromatic rings. The Morgan fingerprint density at radius 1 is 1.54 bits per heavy atom. The number of rotatable bonds is 6. The van der Waals surface area contributed by atoms with Crippen LogP contribution in [-0.4, -0.2) is 43.6 Å². The van der Waals surface area contributed by atoms with E-state index in [-0.39, 0.29) is 0 Å². The lowest BCUT2D eigenvalue weighted by atomic mass is 10.1. The zero-order valence-corrected chi connectivity index (χ0v) is 9.22. The zero-order valence-electron chi connectivity index (χ0n) is 8.47. The molecule has 13 heavy (non-hydrogen) atoms. The van der Waals surface area contributed by atoms with E-state index in [1.807, 2.05) is 0 Å². The molecule has 0 aromatic heterocycles. The van der Waals surface area contributed by atoms with Crippen LogP contribution in [0.2, 0.25) is 0 Å². The quantitative estimate of drug-likeness (QED) is 0.615. The summed E-state index contributed by atoms with van der Waals surface area (Å²) in [5.74, 6) is 1.53. The lowest BCUT2D eigenvalue weighted by molar-refractivity contribution is 0.169. The molecule has 0 bridgehead atoms. The number of nitrogens with zero attached hydrogens (tertiary/aromatic N) is 1. The van der Waals surface area contributed by atoms with Crippen molar-refractivity contribution < 1.29 is 4.74 Å². The number of alkyl halides is 1. The predicted octanol–water partition coefficient (Wildman–Crippen LogP) is 1.97. The lowest BCUT2D eigenvalue weighted by Gasteiger charge is -2.22. The third-order valence-corrected chi connectivity index (χ3v) is 2.86. The van der Waals surface area contributed by atoms with Crippen LogP contribution in [0.1, 0.15) is 19.8 Å². The highest BCUT2D eigenvalue weighted by molar-refractivity contribution is 6.17. The maximum Gasteiger partial charge on any atom is 0.0507 e. The molecular weight excluding hydrogens is 186 g/mol. The number of hydrogen-bond donors (Lipinski definition) is 0. The van der Waals surface area contributed by atoms with Crippen LogP contribution >= 0.6 is 11.6 Å². The minimum absolute atomic E-state index is 0.760. The second-order valence-electron chi connectivity index (χ2n) is 3.67. The number of halogens is 1. The van der Waals surface area contributed by atoms with Crippen molar-refractivity contribution in [3.63, 3.8) is 0 Å². The van der Waals surface area contributed by atoms with Gasteiger partial charge in [0.2, 0.25) is 0 Å². The van der Waals surface area contributed by atoms with Crippen molar-refractivity contribution >= 4 is 11.6 Å². The molecule has 78 valence electrons. The van der Waals surface area contributed by atoms with Crippen molar-refractivity contribution in [2.45, 2.75) is 19.8 Å². The average Bonchev–Trinajstić information content (AvgIpc) is 2.64. The summed E-state index contributed by atoms with van der Waals surface area (Å²) in [7, 11) is 0. The van der Waals surface area contributed by atoms with Gasteiger partial charge in [0.05, 0.1) is 6.61 Å². The van der Waals surface area contributed by atoms with E-state index < -0.39 is 0 Å². The molecule has 0 amide bonds. The third-order valence-electron chi connectivity index (χ3n) is 2.60. The highest BCUT2D eigenvalue weighted by atomic mass is 35.5. The molecule has 1 aliphatic rings. The minimum atomic E-state index is 0.760. The number of ether oxygens (including phenoxy) is 1. The Kier molecular flexibility index (Phi) is 5.76. The van der Waals surface area contributed by atoms with Gasteiger partial charge in [-0.2, -0.15) is 0 Å². The van der Waals surface area contributed by atoms with Crippen LogP contribution in [0.3, 0.4) is 0 Å². The first kappa shape index (κ1) is 11.3. The smallest absolute Gasteiger partial charge is 0.0507 e. The molecule has 1 atom stereocenters. The molecule has 3 heteroatoms. The molecule has 1 saturated heterocycles. The van der Waals surface area contributed by atoms with Crippen LogP contribution in [0.15, 0.2) is 0 Å². The van der Waals surface area contributed by atoms with E-state index in [0.717, 1.165) is 44.5 Å². The van der Waals surface area contributed by atoms with Gasteiger partial charge in [0.1, 0.15) is 0 Å². The minimum Gasteiger partial charge on any atom is -0.381 e. The van der Waals surface area contributed by atoms with Crippen LogP contribution in [0, 0.1) is 5.92 Å². The van der Waals surface area contributed by atoms with Gasteiger partial charge in [0.25, 0.3) is 0 Å². The van der Waals surface area contributed by atoms with Crippen molar-refractivity contribution in [3.8, 4) is 0 Å². The normalized spacial score (nSPS) is 22.8. The Hall–Kier alpha value is 0.210. The Bertz CT molecular complexity index is 126. The molecule has 0 radical (unpaired) electrons. The maximum absolute atomic E-state index is 5.67. The molecule has 1 heterocycles. The van der Waals surface area contributed by atoms with Gasteiger partial charge >= 0.3 is 0 Å².